The Bertz CT molecular complexity index is 1950. The van der Waals surface area contributed by atoms with E-state index in [9.17, 15) is 0 Å². The third-order valence-corrected chi connectivity index (χ3v) is 7.55. The normalized spacial score (nSPS) is 11.2. The molecule has 6 aromatic carbocycles. The fourth-order valence-corrected chi connectivity index (χ4v) is 5.64. The largest absolute Gasteiger partial charge is 0.354 e. The number of hydrogen-bond acceptors (Lipinski definition) is 0. The first kappa shape index (κ1) is 23.3. The fraction of sp³-hybridized carbons (Fsp3) is 0. The molecule has 8 rings (SSSR count). The number of aromatic nitrogens is 2. The number of H-pyrrole nitrogens is 2. The Morgan fingerprint density at radius 2 is 0.821 bits per heavy atom. The van der Waals surface area contributed by atoms with Gasteiger partial charge in [0, 0.05) is 48.7 Å². The number of rotatable bonds is 2. The molecular weight excluding hydrogens is 496 g/mol. The van der Waals surface area contributed by atoms with E-state index < -0.39 is 0 Å². The second kappa shape index (κ2) is 9.83. The predicted octanol–water partition coefficient (Wildman–Crippen LogP) is 10.6. The highest BCUT2D eigenvalue weighted by molar-refractivity contribution is 6.30. The minimum Gasteiger partial charge on any atom is -0.354 e. The van der Waals surface area contributed by atoms with E-state index in [4.69, 9.17) is 11.6 Å². The molecule has 2 nitrogen and oxygen atoms in total. The Hall–Kier alpha value is -4.79. The number of para-hydroxylation sites is 4. The average molecular weight is 521 g/mol. The Morgan fingerprint density at radius 1 is 0.385 bits per heavy atom. The zero-order valence-electron chi connectivity index (χ0n) is 21.2. The molecule has 39 heavy (non-hydrogen) atoms. The molecule has 3 heteroatoms. The Morgan fingerprint density at radius 3 is 1.31 bits per heavy atom. The van der Waals surface area contributed by atoms with Gasteiger partial charge < -0.3 is 9.97 Å². The molecule has 2 aromatic heterocycles. The number of fused-ring (bicyclic) bond motifs is 6. The molecule has 0 bridgehead atoms. The highest BCUT2D eigenvalue weighted by Crippen LogP contribution is 2.37. The van der Waals surface area contributed by atoms with Gasteiger partial charge in [-0.05, 0) is 41.5 Å². The summed E-state index contributed by atoms with van der Waals surface area (Å²) >= 11 is 5.54. The Balaban J connectivity index is 0.000000318. The second-order valence-electron chi connectivity index (χ2n) is 9.67. The minimum absolute atomic E-state index is 0.794. The number of benzene rings is 6. The summed E-state index contributed by atoms with van der Waals surface area (Å²) in [5.41, 5.74) is 9.61. The summed E-state index contributed by atoms with van der Waals surface area (Å²) in [6.07, 6.45) is 0. The van der Waals surface area contributed by atoms with E-state index in [0.717, 1.165) is 5.02 Å². The number of hydrogen-bond donors (Lipinski definition) is 2. The summed E-state index contributed by atoms with van der Waals surface area (Å²) < 4.78 is 0. The van der Waals surface area contributed by atoms with Crippen molar-refractivity contribution >= 4 is 55.2 Å². The first-order valence-corrected chi connectivity index (χ1v) is 13.4. The molecule has 2 N–H and O–H groups in total. The van der Waals surface area contributed by atoms with Gasteiger partial charge >= 0.3 is 0 Å². The van der Waals surface area contributed by atoms with Crippen LogP contribution in [0.5, 0.6) is 0 Å². The summed E-state index contributed by atoms with van der Waals surface area (Å²) in [5.74, 6) is 0. The quantitative estimate of drug-likeness (QED) is 0.227. The van der Waals surface area contributed by atoms with Crippen LogP contribution in [-0.2, 0) is 0 Å². The molecule has 0 unspecified atom stereocenters. The van der Waals surface area contributed by atoms with Crippen LogP contribution >= 0.6 is 11.6 Å². The SMILES string of the molecule is Clc1ccccc1.c1cc(-c2cccc3c2[nH]c2ccccc23)cc(-c2cccc3c2[nH]c2ccccc23)c1. The Kier molecular flexibility index (Phi) is 5.88. The molecule has 2 heterocycles. The van der Waals surface area contributed by atoms with Crippen LogP contribution in [0.4, 0.5) is 0 Å². The van der Waals surface area contributed by atoms with Gasteiger partial charge in [-0.3, -0.25) is 0 Å². The van der Waals surface area contributed by atoms with Crippen molar-refractivity contribution in [1.29, 1.82) is 0 Å². The fourth-order valence-electron chi connectivity index (χ4n) is 5.50. The Labute approximate surface area is 231 Å². The third kappa shape index (κ3) is 4.25. The minimum atomic E-state index is 0.794. The monoisotopic (exact) mass is 520 g/mol. The molecule has 0 amide bonds. The van der Waals surface area contributed by atoms with Crippen LogP contribution in [0.25, 0.3) is 65.9 Å². The zero-order valence-corrected chi connectivity index (χ0v) is 21.9. The van der Waals surface area contributed by atoms with Gasteiger partial charge in [-0.1, -0.05) is 121 Å². The van der Waals surface area contributed by atoms with E-state index in [1.54, 1.807) is 0 Å². The van der Waals surface area contributed by atoms with Crippen LogP contribution in [0.15, 0.2) is 140 Å². The molecule has 0 aliphatic carbocycles. The predicted molar refractivity (Wildman–Crippen MR) is 167 cm³/mol. The van der Waals surface area contributed by atoms with E-state index in [1.807, 2.05) is 30.3 Å². The highest BCUT2D eigenvalue weighted by Gasteiger charge is 2.12. The molecule has 8 aromatic rings. The van der Waals surface area contributed by atoms with Gasteiger partial charge in [0.05, 0.1) is 11.0 Å². The van der Waals surface area contributed by atoms with Gasteiger partial charge in [0.2, 0.25) is 0 Å². The van der Waals surface area contributed by atoms with Gasteiger partial charge in [-0.15, -0.1) is 0 Å². The van der Waals surface area contributed by atoms with E-state index in [2.05, 4.69) is 119 Å². The summed E-state index contributed by atoms with van der Waals surface area (Å²) in [5, 5.41) is 5.86. The van der Waals surface area contributed by atoms with Crippen molar-refractivity contribution in [3.8, 4) is 22.3 Å². The summed E-state index contributed by atoms with van der Waals surface area (Å²) in [6, 6.07) is 48.5. The van der Waals surface area contributed by atoms with Crippen LogP contribution in [0.3, 0.4) is 0 Å². The standard InChI is InChI=1S/C30H20N2.C6H5Cl/c1-3-16-27-23(10-1)25-14-6-12-21(29(25)31-27)19-8-5-9-20(18-19)22-13-7-15-26-24-11-2-4-17-28(24)32-30(22)26;7-6-4-2-1-3-5-6/h1-18,31-32H;1-5H. The van der Waals surface area contributed by atoms with Gasteiger partial charge in [-0.25, -0.2) is 0 Å². The molecule has 0 saturated carbocycles. The topological polar surface area (TPSA) is 31.6 Å². The maximum atomic E-state index is 5.54. The lowest BCUT2D eigenvalue weighted by Crippen LogP contribution is -1.84. The first-order valence-electron chi connectivity index (χ1n) is 13.1. The van der Waals surface area contributed by atoms with E-state index in [-0.39, 0.29) is 0 Å². The highest BCUT2D eigenvalue weighted by atomic mass is 35.5. The average Bonchev–Trinajstić information content (AvgIpc) is 3.56. The van der Waals surface area contributed by atoms with Crippen LogP contribution in [0.1, 0.15) is 0 Å². The van der Waals surface area contributed by atoms with Crippen molar-refractivity contribution in [2.24, 2.45) is 0 Å². The molecule has 0 fully saturated rings. The van der Waals surface area contributed by atoms with Crippen molar-refractivity contribution in [2.75, 3.05) is 0 Å². The zero-order chi connectivity index (χ0) is 26.2. The summed E-state index contributed by atoms with van der Waals surface area (Å²) in [7, 11) is 0. The van der Waals surface area contributed by atoms with E-state index in [0.29, 0.717) is 0 Å². The molecule has 0 radical (unpaired) electrons. The lowest BCUT2D eigenvalue weighted by Gasteiger charge is -2.09. The van der Waals surface area contributed by atoms with Crippen molar-refractivity contribution in [1.82, 2.24) is 9.97 Å². The van der Waals surface area contributed by atoms with Gasteiger partial charge in [0.1, 0.15) is 0 Å². The number of aromatic amines is 2. The van der Waals surface area contributed by atoms with Crippen LogP contribution in [-0.4, -0.2) is 9.97 Å². The van der Waals surface area contributed by atoms with Crippen LogP contribution in [0.2, 0.25) is 5.02 Å². The van der Waals surface area contributed by atoms with E-state index in [1.165, 1.54) is 65.9 Å². The van der Waals surface area contributed by atoms with Gasteiger partial charge in [-0.2, -0.15) is 0 Å². The molecule has 0 atom stereocenters. The van der Waals surface area contributed by atoms with Crippen molar-refractivity contribution in [3.63, 3.8) is 0 Å². The lowest BCUT2D eigenvalue weighted by molar-refractivity contribution is 1.52. The lowest BCUT2D eigenvalue weighted by atomic mass is 9.96. The van der Waals surface area contributed by atoms with Crippen molar-refractivity contribution in [2.45, 2.75) is 0 Å². The molecular formula is C36H25ClN2. The maximum absolute atomic E-state index is 5.54. The summed E-state index contributed by atoms with van der Waals surface area (Å²) in [6.45, 7) is 0. The van der Waals surface area contributed by atoms with Gasteiger partial charge in [0.25, 0.3) is 0 Å². The van der Waals surface area contributed by atoms with Crippen LogP contribution < -0.4 is 0 Å². The number of halogens is 1. The molecule has 0 aliphatic heterocycles. The molecule has 186 valence electrons. The van der Waals surface area contributed by atoms with E-state index >= 15 is 0 Å². The first-order chi connectivity index (χ1) is 19.3. The molecule has 0 aliphatic rings. The van der Waals surface area contributed by atoms with Crippen molar-refractivity contribution < 1.29 is 0 Å². The summed E-state index contributed by atoms with van der Waals surface area (Å²) in [4.78, 5) is 7.29. The molecule has 0 spiro atoms. The second-order valence-corrected chi connectivity index (χ2v) is 10.1. The smallest absolute Gasteiger partial charge is 0.0544 e. The molecule has 0 saturated heterocycles. The van der Waals surface area contributed by atoms with Crippen LogP contribution in [0, 0.1) is 0 Å². The maximum Gasteiger partial charge on any atom is 0.0544 e. The van der Waals surface area contributed by atoms with Crippen molar-refractivity contribution in [3.05, 3.63) is 145 Å². The third-order valence-electron chi connectivity index (χ3n) is 7.30. The number of nitrogens with one attached hydrogen (secondary N) is 2. The van der Waals surface area contributed by atoms with Gasteiger partial charge in [0.15, 0.2) is 0 Å².